The lowest BCUT2D eigenvalue weighted by molar-refractivity contribution is -0.117. The number of hydrogen-bond donors (Lipinski definition) is 3. The van der Waals surface area contributed by atoms with E-state index in [1.807, 2.05) is 13.0 Å². The van der Waals surface area contributed by atoms with Crippen LogP contribution in [0.5, 0.6) is 0 Å². The first-order chi connectivity index (χ1) is 11.6. The van der Waals surface area contributed by atoms with Crippen LogP contribution in [0.25, 0.3) is 0 Å². The molecule has 1 aliphatic carbocycles. The summed E-state index contributed by atoms with van der Waals surface area (Å²) < 4.78 is 0. The highest BCUT2D eigenvalue weighted by Crippen LogP contribution is 2.30. The van der Waals surface area contributed by atoms with Crippen LogP contribution in [-0.4, -0.2) is 39.3 Å². The number of nitrogens with zero attached hydrogens (tertiary/aromatic N) is 2. The van der Waals surface area contributed by atoms with Crippen LogP contribution in [0.4, 0.5) is 5.69 Å². The maximum absolute atomic E-state index is 12.2. The summed E-state index contributed by atoms with van der Waals surface area (Å²) in [6.45, 7) is 2.43. The summed E-state index contributed by atoms with van der Waals surface area (Å²) in [5.41, 5.74) is 2.19. The quantitative estimate of drug-likeness (QED) is 0.526. The van der Waals surface area contributed by atoms with Gasteiger partial charge >= 0.3 is 0 Å². The first-order valence-electron chi connectivity index (χ1n) is 7.81. The highest BCUT2D eigenvalue weighted by molar-refractivity contribution is 7.99. The van der Waals surface area contributed by atoms with Crippen molar-refractivity contribution >= 4 is 29.3 Å². The molecule has 0 saturated heterocycles. The summed E-state index contributed by atoms with van der Waals surface area (Å²) in [5, 5.41) is 13.0. The van der Waals surface area contributed by atoms with E-state index in [4.69, 9.17) is 0 Å². The van der Waals surface area contributed by atoms with Crippen LogP contribution in [0.1, 0.15) is 28.8 Å². The number of nitrogens with one attached hydrogen (secondary N) is 3. The molecule has 0 atom stereocenters. The van der Waals surface area contributed by atoms with Gasteiger partial charge in [-0.15, -0.1) is 0 Å². The van der Waals surface area contributed by atoms with Gasteiger partial charge in [-0.2, -0.15) is 5.10 Å². The zero-order valence-corrected chi connectivity index (χ0v) is 14.2. The fourth-order valence-electron chi connectivity index (χ4n) is 2.16. The van der Waals surface area contributed by atoms with E-state index in [9.17, 15) is 9.59 Å². The third-order valence-corrected chi connectivity index (χ3v) is 4.60. The van der Waals surface area contributed by atoms with E-state index in [0.29, 0.717) is 23.5 Å². The minimum Gasteiger partial charge on any atom is -0.351 e. The number of amides is 2. The second-order valence-corrected chi connectivity index (χ2v) is 6.77. The minimum absolute atomic E-state index is 0.0408. The van der Waals surface area contributed by atoms with E-state index >= 15 is 0 Å². The Morgan fingerprint density at radius 1 is 1.38 bits per heavy atom. The van der Waals surface area contributed by atoms with Gasteiger partial charge in [0.05, 0.1) is 0 Å². The molecule has 1 aromatic carbocycles. The van der Waals surface area contributed by atoms with Crippen LogP contribution in [0.2, 0.25) is 0 Å². The monoisotopic (exact) mass is 345 g/mol. The molecule has 3 rings (SSSR count). The van der Waals surface area contributed by atoms with Crippen molar-refractivity contribution in [2.24, 2.45) is 5.92 Å². The highest BCUT2D eigenvalue weighted by Gasteiger charge is 2.29. The van der Waals surface area contributed by atoms with Crippen LogP contribution in [0.3, 0.4) is 0 Å². The van der Waals surface area contributed by atoms with Crippen LogP contribution in [0, 0.1) is 12.8 Å². The van der Waals surface area contributed by atoms with Gasteiger partial charge in [0, 0.05) is 29.5 Å². The third-order valence-electron chi connectivity index (χ3n) is 3.73. The Bertz CT molecular complexity index is 728. The van der Waals surface area contributed by atoms with Crippen molar-refractivity contribution in [3.63, 3.8) is 0 Å². The first-order valence-corrected chi connectivity index (χ1v) is 8.80. The van der Waals surface area contributed by atoms with Gasteiger partial charge in [0.15, 0.2) is 5.16 Å². The van der Waals surface area contributed by atoms with Crippen molar-refractivity contribution in [1.82, 2.24) is 20.5 Å². The summed E-state index contributed by atoms with van der Waals surface area (Å²) in [6, 6.07) is 5.34. The van der Waals surface area contributed by atoms with E-state index in [0.717, 1.165) is 23.6 Å². The zero-order valence-electron chi connectivity index (χ0n) is 13.3. The van der Waals surface area contributed by atoms with E-state index in [-0.39, 0.29) is 17.7 Å². The van der Waals surface area contributed by atoms with E-state index < -0.39 is 0 Å². The Balaban J connectivity index is 1.52. The number of anilines is 1. The van der Waals surface area contributed by atoms with Crippen LogP contribution >= 0.6 is 11.8 Å². The highest BCUT2D eigenvalue weighted by atomic mass is 32.2. The molecule has 0 spiro atoms. The van der Waals surface area contributed by atoms with Crippen molar-refractivity contribution in [2.45, 2.75) is 24.9 Å². The number of thioether (sulfide) groups is 1. The predicted octanol–water partition coefficient (Wildman–Crippen LogP) is 1.98. The summed E-state index contributed by atoms with van der Waals surface area (Å²) in [4.78, 5) is 28.1. The fraction of sp³-hybridized carbons (Fsp3) is 0.375. The van der Waals surface area contributed by atoms with Gasteiger partial charge in [0.25, 0.3) is 5.91 Å². The molecular weight excluding hydrogens is 326 g/mol. The van der Waals surface area contributed by atoms with Gasteiger partial charge in [-0.1, -0.05) is 17.8 Å². The van der Waals surface area contributed by atoms with Crippen molar-refractivity contribution in [3.8, 4) is 0 Å². The van der Waals surface area contributed by atoms with E-state index in [1.165, 1.54) is 18.1 Å². The Labute approximate surface area is 144 Å². The average Bonchev–Trinajstić information content (AvgIpc) is 3.30. The largest absolute Gasteiger partial charge is 0.351 e. The topological polar surface area (TPSA) is 99.8 Å². The molecule has 1 fully saturated rings. The van der Waals surface area contributed by atoms with Gasteiger partial charge in [-0.25, -0.2) is 4.98 Å². The Hall–Kier alpha value is -2.35. The van der Waals surface area contributed by atoms with Crippen molar-refractivity contribution in [1.29, 1.82) is 0 Å². The van der Waals surface area contributed by atoms with E-state index in [2.05, 4.69) is 25.8 Å². The number of carbonyl (C=O) groups excluding carboxylic acids is 2. The number of carbonyl (C=O) groups is 2. The van der Waals surface area contributed by atoms with Crippen LogP contribution < -0.4 is 10.6 Å². The average molecular weight is 345 g/mol. The molecule has 0 bridgehead atoms. The molecule has 1 aromatic heterocycles. The molecule has 1 aliphatic rings. The van der Waals surface area contributed by atoms with Crippen LogP contribution in [-0.2, 0) is 4.79 Å². The lowest BCUT2D eigenvalue weighted by Crippen LogP contribution is -2.26. The minimum atomic E-state index is -0.157. The Kier molecular flexibility index (Phi) is 5.14. The number of aryl methyl sites for hydroxylation is 1. The molecular formula is C16H19N5O2S. The fourth-order valence-corrected chi connectivity index (χ4v) is 2.79. The molecule has 8 heteroatoms. The second kappa shape index (κ2) is 7.48. The molecule has 7 nitrogen and oxygen atoms in total. The summed E-state index contributed by atoms with van der Waals surface area (Å²) in [6.07, 6.45) is 3.35. The molecule has 0 aliphatic heterocycles. The molecule has 1 saturated carbocycles. The van der Waals surface area contributed by atoms with Gasteiger partial charge in [0.2, 0.25) is 5.91 Å². The first kappa shape index (κ1) is 16.5. The van der Waals surface area contributed by atoms with Crippen molar-refractivity contribution < 1.29 is 9.59 Å². The Morgan fingerprint density at radius 2 is 2.21 bits per heavy atom. The molecule has 126 valence electrons. The number of H-pyrrole nitrogens is 1. The number of benzene rings is 1. The molecule has 2 aromatic rings. The number of aromatic nitrogens is 3. The number of rotatable bonds is 7. The molecule has 2 amide bonds. The molecule has 0 unspecified atom stereocenters. The molecule has 24 heavy (non-hydrogen) atoms. The smallest absolute Gasteiger partial charge is 0.251 e. The molecule has 1 heterocycles. The van der Waals surface area contributed by atoms with Crippen molar-refractivity contribution in [2.75, 3.05) is 17.6 Å². The normalized spacial score (nSPS) is 13.5. The van der Waals surface area contributed by atoms with E-state index in [1.54, 1.807) is 12.1 Å². The maximum Gasteiger partial charge on any atom is 0.251 e. The SMILES string of the molecule is Cc1ccc(C(=O)NCCSc2ncn[nH]2)cc1NC(=O)C1CC1. The zero-order chi connectivity index (χ0) is 16.9. The van der Waals surface area contributed by atoms with Crippen LogP contribution in [0.15, 0.2) is 29.7 Å². The standard InChI is InChI=1S/C16H19N5O2S/c1-10-2-3-12(8-13(10)20-15(23)11-4-5-11)14(22)17-6-7-24-16-18-9-19-21-16/h2-3,8-9,11H,4-7H2,1H3,(H,17,22)(H,20,23)(H,18,19,21). The Morgan fingerprint density at radius 3 is 2.92 bits per heavy atom. The summed E-state index contributed by atoms with van der Waals surface area (Å²) >= 11 is 1.49. The van der Waals surface area contributed by atoms with Gasteiger partial charge in [-0.05, 0) is 37.5 Å². The lowest BCUT2D eigenvalue weighted by Gasteiger charge is -2.10. The van der Waals surface area contributed by atoms with Crippen molar-refractivity contribution in [3.05, 3.63) is 35.7 Å². The maximum atomic E-state index is 12.2. The predicted molar refractivity (Wildman–Crippen MR) is 92.0 cm³/mol. The summed E-state index contributed by atoms with van der Waals surface area (Å²) in [5.74, 6) is 0.710. The summed E-state index contributed by atoms with van der Waals surface area (Å²) in [7, 11) is 0. The van der Waals surface area contributed by atoms with Gasteiger partial charge in [0.1, 0.15) is 6.33 Å². The molecule has 0 radical (unpaired) electrons. The van der Waals surface area contributed by atoms with Gasteiger partial charge in [-0.3, -0.25) is 14.7 Å². The second-order valence-electron chi connectivity index (χ2n) is 5.69. The molecule has 3 N–H and O–H groups in total. The number of hydrogen-bond acceptors (Lipinski definition) is 5. The van der Waals surface area contributed by atoms with Gasteiger partial charge < -0.3 is 10.6 Å². The lowest BCUT2D eigenvalue weighted by atomic mass is 10.1. The number of aromatic amines is 1. The third kappa shape index (κ3) is 4.35.